The number of aliphatic hydroxyl groups is 1. The van der Waals surface area contributed by atoms with Gasteiger partial charge in [0.05, 0.1) is 26.3 Å². The Morgan fingerprint density at radius 2 is 1.92 bits per heavy atom. The monoisotopic (exact) mass is 350 g/mol. The maximum Gasteiger partial charge on any atom is 0.236 e. The molecule has 9 heteroatoms. The zero-order valence-electron chi connectivity index (χ0n) is 14.4. The highest BCUT2D eigenvalue weighted by atomic mass is 16.5. The fraction of sp³-hybridized carbons (Fsp3) is 0.688. The average Bonchev–Trinajstić information content (AvgIpc) is 2.64. The van der Waals surface area contributed by atoms with Gasteiger partial charge in [0.15, 0.2) is 0 Å². The maximum atomic E-state index is 12.6. The van der Waals surface area contributed by atoms with E-state index in [4.69, 9.17) is 15.6 Å². The Morgan fingerprint density at radius 1 is 1.20 bits per heavy atom. The van der Waals surface area contributed by atoms with Gasteiger partial charge >= 0.3 is 0 Å². The minimum atomic E-state index is -0.326. The van der Waals surface area contributed by atoms with Crippen molar-refractivity contribution in [3.63, 3.8) is 0 Å². The normalized spacial score (nSPS) is 22.9. The second-order valence-corrected chi connectivity index (χ2v) is 6.37. The van der Waals surface area contributed by atoms with E-state index in [0.717, 1.165) is 26.2 Å². The summed E-state index contributed by atoms with van der Waals surface area (Å²) in [4.78, 5) is 27.1. The second-order valence-electron chi connectivity index (χ2n) is 6.37. The number of β-amino-alcohol motifs (C(OH)–C–C–N with tert-alkyl or cyclic N) is 1. The third kappa shape index (κ3) is 4.63. The van der Waals surface area contributed by atoms with Crippen molar-refractivity contribution >= 4 is 11.7 Å². The first-order chi connectivity index (χ1) is 12.2. The molecule has 1 aromatic rings. The summed E-state index contributed by atoms with van der Waals surface area (Å²) in [5.74, 6) is 0.452. The number of hydrogen-bond acceptors (Lipinski definition) is 8. The van der Waals surface area contributed by atoms with Gasteiger partial charge in [0.25, 0.3) is 0 Å². The lowest BCUT2D eigenvalue weighted by atomic mass is 10.2. The van der Waals surface area contributed by atoms with Crippen LogP contribution in [0.5, 0.6) is 0 Å². The van der Waals surface area contributed by atoms with Gasteiger partial charge in [-0.15, -0.1) is 0 Å². The van der Waals surface area contributed by atoms with Crippen LogP contribution in [0.2, 0.25) is 0 Å². The standard InChI is InChI=1S/C16H26N6O3/c17-16-15(18-1-2-19-16)13-11-22(8-10-25-13)14(24)12-21-5-3-20(4-6-21)7-9-23/h1-2,13,23H,3-12H2,(H2,17,19)/t13-/m0/s1. The molecule has 2 aliphatic heterocycles. The molecule has 0 spiro atoms. The summed E-state index contributed by atoms with van der Waals surface area (Å²) in [7, 11) is 0. The van der Waals surface area contributed by atoms with E-state index >= 15 is 0 Å². The molecule has 1 aromatic heterocycles. The number of nitrogens with zero attached hydrogens (tertiary/aromatic N) is 5. The first-order valence-corrected chi connectivity index (χ1v) is 8.68. The third-order valence-corrected chi connectivity index (χ3v) is 4.72. The van der Waals surface area contributed by atoms with Crippen molar-refractivity contribution in [1.82, 2.24) is 24.7 Å². The number of nitrogen functional groups attached to an aromatic ring is 1. The van der Waals surface area contributed by atoms with Crippen LogP contribution in [0.1, 0.15) is 11.8 Å². The summed E-state index contributed by atoms with van der Waals surface area (Å²) in [6.45, 7) is 6.25. The lowest BCUT2D eigenvalue weighted by Gasteiger charge is -2.37. The minimum Gasteiger partial charge on any atom is -0.395 e. The summed E-state index contributed by atoms with van der Waals surface area (Å²) >= 11 is 0. The van der Waals surface area contributed by atoms with E-state index in [9.17, 15) is 4.79 Å². The number of piperazine rings is 1. The number of aliphatic hydroxyl groups excluding tert-OH is 1. The zero-order valence-corrected chi connectivity index (χ0v) is 14.4. The van der Waals surface area contributed by atoms with Gasteiger partial charge < -0.3 is 20.5 Å². The van der Waals surface area contributed by atoms with E-state index in [1.807, 2.05) is 4.90 Å². The Balaban J connectivity index is 1.52. The van der Waals surface area contributed by atoms with Gasteiger partial charge in [0.1, 0.15) is 17.6 Å². The van der Waals surface area contributed by atoms with Crippen molar-refractivity contribution in [2.45, 2.75) is 6.10 Å². The Labute approximate surface area is 147 Å². The average molecular weight is 350 g/mol. The summed E-state index contributed by atoms with van der Waals surface area (Å²) in [5, 5.41) is 8.99. The van der Waals surface area contributed by atoms with E-state index in [0.29, 0.717) is 44.3 Å². The van der Waals surface area contributed by atoms with E-state index in [2.05, 4.69) is 19.8 Å². The molecule has 1 atom stereocenters. The molecule has 3 rings (SSSR count). The molecule has 0 aliphatic carbocycles. The number of nitrogens with two attached hydrogens (primary N) is 1. The number of amides is 1. The molecule has 0 aromatic carbocycles. The highest BCUT2D eigenvalue weighted by Gasteiger charge is 2.29. The van der Waals surface area contributed by atoms with E-state index in [1.54, 1.807) is 12.4 Å². The molecule has 2 fully saturated rings. The zero-order chi connectivity index (χ0) is 17.6. The molecule has 1 amide bonds. The number of ether oxygens (including phenoxy) is 1. The lowest BCUT2D eigenvalue weighted by molar-refractivity contribution is -0.140. The first kappa shape index (κ1) is 18.0. The molecule has 138 valence electrons. The van der Waals surface area contributed by atoms with E-state index in [-0.39, 0.29) is 18.6 Å². The number of morpholine rings is 1. The number of carbonyl (C=O) groups is 1. The Bertz CT molecular complexity index is 579. The summed E-state index contributed by atoms with van der Waals surface area (Å²) < 4.78 is 5.74. The fourth-order valence-electron chi connectivity index (χ4n) is 3.25. The number of carbonyl (C=O) groups excluding carboxylic acids is 1. The number of rotatable bonds is 5. The predicted molar refractivity (Wildman–Crippen MR) is 91.7 cm³/mol. The Hall–Kier alpha value is -1.81. The molecule has 0 bridgehead atoms. The smallest absolute Gasteiger partial charge is 0.236 e. The van der Waals surface area contributed by atoms with Crippen molar-refractivity contribution in [3.8, 4) is 0 Å². The van der Waals surface area contributed by atoms with E-state index in [1.165, 1.54) is 0 Å². The lowest BCUT2D eigenvalue weighted by Crippen LogP contribution is -2.52. The molecular formula is C16H26N6O3. The van der Waals surface area contributed by atoms with Crippen molar-refractivity contribution < 1.29 is 14.6 Å². The SMILES string of the molecule is Nc1nccnc1[C@@H]1CN(C(=O)CN2CCN(CCO)CC2)CCO1. The van der Waals surface area contributed by atoms with Crippen LogP contribution in [0.3, 0.4) is 0 Å². The molecule has 2 saturated heterocycles. The van der Waals surface area contributed by atoms with Gasteiger partial charge in [-0.25, -0.2) is 4.98 Å². The largest absolute Gasteiger partial charge is 0.395 e. The maximum absolute atomic E-state index is 12.6. The second kappa shape index (κ2) is 8.52. The summed E-state index contributed by atoms with van der Waals surface area (Å²) in [5.41, 5.74) is 6.47. The summed E-state index contributed by atoms with van der Waals surface area (Å²) in [6, 6.07) is 0. The van der Waals surface area contributed by atoms with Crippen LogP contribution in [0, 0.1) is 0 Å². The van der Waals surface area contributed by atoms with Crippen molar-refractivity contribution in [1.29, 1.82) is 0 Å². The molecule has 25 heavy (non-hydrogen) atoms. The number of aromatic nitrogens is 2. The predicted octanol–water partition coefficient (Wildman–Crippen LogP) is -1.43. The van der Waals surface area contributed by atoms with Gasteiger partial charge in [-0.3, -0.25) is 19.6 Å². The van der Waals surface area contributed by atoms with Crippen LogP contribution in [0.4, 0.5) is 5.82 Å². The molecule has 0 unspecified atom stereocenters. The van der Waals surface area contributed by atoms with Crippen LogP contribution in [0.15, 0.2) is 12.4 Å². The number of hydrogen-bond donors (Lipinski definition) is 2. The van der Waals surface area contributed by atoms with Crippen LogP contribution in [-0.2, 0) is 9.53 Å². The molecule has 3 N–H and O–H groups in total. The van der Waals surface area contributed by atoms with Gasteiger partial charge in [0, 0.05) is 51.7 Å². The van der Waals surface area contributed by atoms with E-state index < -0.39 is 0 Å². The van der Waals surface area contributed by atoms with Gasteiger partial charge in [-0.1, -0.05) is 0 Å². The summed E-state index contributed by atoms with van der Waals surface area (Å²) in [6.07, 6.45) is 2.80. The highest BCUT2D eigenvalue weighted by Crippen LogP contribution is 2.23. The molecule has 0 saturated carbocycles. The molecule has 0 radical (unpaired) electrons. The number of anilines is 1. The van der Waals surface area contributed by atoms with Crippen LogP contribution in [0.25, 0.3) is 0 Å². The minimum absolute atomic E-state index is 0.103. The topological polar surface area (TPSA) is 108 Å². The Kier molecular flexibility index (Phi) is 6.14. The Morgan fingerprint density at radius 3 is 2.64 bits per heavy atom. The molecule has 9 nitrogen and oxygen atoms in total. The molecule has 3 heterocycles. The van der Waals surface area contributed by atoms with Crippen LogP contribution < -0.4 is 5.73 Å². The molecular weight excluding hydrogens is 324 g/mol. The van der Waals surface area contributed by atoms with Crippen molar-refractivity contribution in [2.24, 2.45) is 0 Å². The van der Waals surface area contributed by atoms with Gasteiger partial charge in [-0.2, -0.15) is 0 Å². The van der Waals surface area contributed by atoms with Gasteiger partial charge in [-0.05, 0) is 0 Å². The first-order valence-electron chi connectivity index (χ1n) is 8.68. The van der Waals surface area contributed by atoms with Crippen LogP contribution in [-0.4, -0.2) is 101 Å². The third-order valence-electron chi connectivity index (χ3n) is 4.72. The molecule has 2 aliphatic rings. The quantitative estimate of drug-likeness (QED) is 0.665. The van der Waals surface area contributed by atoms with Gasteiger partial charge in [0.2, 0.25) is 5.91 Å². The van der Waals surface area contributed by atoms with Crippen molar-refractivity contribution in [2.75, 3.05) is 71.3 Å². The van der Waals surface area contributed by atoms with Crippen LogP contribution >= 0.6 is 0 Å². The fourth-order valence-corrected chi connectivity index (χ4v) is 3.25. The highest BCUT2D eigenvalue weighted by molar-refractivity contribution is 5.78. The van der Waals surface area contributed by atoms with Crippen molar-refractivity contribution in [3.05, 3.63) is 18.1 Å².